The van der Waals surface area contributed by atoms with Crippen molar-refractivity contribution in [2.24, 2.45) is 7.05 Å². The van der Waals surface area contributed by atoms with Crippen LogP contribution in [-0.2, 0) is 13.6 Å². The first-order chi connectivity index (χ1) is 11.9. The van der Waals surface area contributed by atoms with E-state index in [1.807, 2.05) is 19.9 Å². The minimum absolute atomic E-state index is 0.126. The molecule has 3 rings (SSSR count). The van der Waals surface area contributed by atoms with E-state index in [-0.39, 0.29) is 11.1 Å². The van der Waals surface area contributed by atoms with Gasteiger partial charge < -0.3 is 5.32 Å². The van der Waals surface area contributed by atoms with Crippen molar-refractivity contribution in [1.82, 2.24) is 24.9 Å². The zero-order valence-corrected chi connectivity index (χ0v) is 14.2. The van der Waals surface area contributed by atoms with Crippen molar-refractivity contribution >= 4 is 16.8 Å². The maximum absolute atomic E-state index is 13.4. The average Bonchev–Trinajstić information content (AvgIpc) is 2.88. The van der Waals surface area contributed by atoms with Crippen molar-refractivity contribution in [3.05, 3.63) is 57.4 Å². The number of hydrogen-bond donors (Lipinski definition) is 1. The molecule has 0 saturated heterocycles. The number of nitrogens with zero attached hydrogens (tertiary/aromatic N) is 4. The maximum atomic E-state index is 13.4. The Labute approximate surface area is 143 Å². The van der Waals surface area contributed by atoms with Crippen LogP contribution >= 0.6 is 0 Å². The van der Waals surface area contributed by atoms with E-state index in [2.05, 4.69) is 15.5 Å². The molecule has 1 amide bonds. The van der Waals surface area contributed by atoms with E-state index in [0.717, 1.165) is 17.5 Å². The molecule has 0 atom stereocenters. The number of halogens is 1. The van der Waals surface area contributed by atoms with Crippen LogP contribution < -0.4 is 10.7 Å². The van der Waals surface area contributed by atoms with Gasteiger partial charge in [-0.25, -0.2) is 4.39 Å². The summed E-state index contributed by atoms with van der Waals surface area (Å²) in [6.45, 7) is 4.60. The molecule has 0 fully saturated rings. The molecular formula is C17H18FN5O2. The molecule has 25 heavy (non-hydrogen) atoms. The molecule has 0 spiro atoms. The lowest BCUT2D eigenvalue weighted by Crippen LogP contribution is -2.34. The highest BCUT2D eigenvalue weighted by Gasteiger charge is 2.16. The number of nitrogens with one attached hydrogen (secondary N) is 1. The van der Waals surface area contributed by atoms with Gasteiger partial charge in [-0.15, -0.1) is 0 Å². The Morgan fingerprint density at radius 1 is 1.24 bits per heavy atom. The topological polar surface area (TPSA) is 81.8 Å². The second-order valence-electron chi connectivity index (χ2n) is 5.87. The fourth-order valence-electron chi connectivity index (χ4n) is 2.76. The van der Waals surface area contributed by atoms with Crippen LogP contribution in [0.15, 0.2) is 29.1 Å². The summed E-state index contributed by atoms with van der Waals surface area (Å²) in [5, 5.41) is 11.1. The molecular weight excluding hydrogens is 325 g/mol. The van der Waals surface area contributed by atoms with E-state index in [9.17, 15) is 14.0 Å². The molecule has 0 unspecified atom stereocenters. The van der Waals surface area contributed by atoms with Crippen LogP contribution in [0, 0.1) is 19.7 Å². The molecule has 0 bridgehead atoms. The molecule has 1 N–H and O–H groups in total. The molecule has 8 heteroatoms. The average molecular weight is 343 g/mol. The van der Waals surface area contributed by atoms with Crippen LogP contribution in [0.1, 0.15) is 21.9 Å². The van der Waals surface area contributed by atoms with Crippen LogP contribution in [-0.4, -0.2) is 32.0 Å². The summed E-state index contributed by atoms with van der Waals surface area (Å²) in [5.74, 6) is -1.13. The Morgan fingerprint density at radius 3 is 2.68 bits per heavy atom. The summed E-state index contributed by atoms with van der Waals surface area (Å²) in [5.41, 5.74) is 1.51. The molecule has 3 aromatic rings. The lowest BCUT2D eigenvalue weighted by Gasteiger charge is -2.09. The fraction of sp³-hybridized carbons (Fsp3) is 0.294. The number of aryl methyl sites for hydroxylation is 3. The molecule has 1 aromatic carbocycles. The summed E-state index contributed by atoms with van der Waals surface area (Å²) in [6.07, 6.45) is 0. The number of carbonyl (C=O) groups excluding carboxylic acids is 1. The van der Waals surface area contributed by atoms with Crippen LogP contribution in [0.5, 0.6) is 0 Å². The van der Waals surface area contributed by atoms with E-state index < -0.39 is 17.2 Å². The maximum Gasteiger partial charge on any atom is 0.275 e. The third-order valence-electron chi connectivity index (χ3n) is 3.94. The third kappa shape index (κ3) is 3.28. The number of carbonyl (C=O) groups is 1. The van der Waals surface area contributed by atoms with Gasteiger partial charge in [0, 0.05) is 19.3 Å². The zero-order valence-electron chi connectivity index (χ0n) is 14.2. The molecule has 2 heterocycles. The first-order valence-electron chi connectivity index (χ1n) is 7.82. The van der Waals surface area contributed by atoms with Crippen LogP contribution in [0.2, 0.25) is 0 Å². The van der Waals surface area contributed by atoms with Crippen molar-refractivity contribution in [1.29, 1.82) is 0 Å². The quantitative estimate of drug-likeness (QED) is 0.774. The van der Waals surface area contributed by atoms with E-state index in [4.69, 9.17) is 0 Å². The summed E-state index contributed by atoms with van der Waals surface area (Å²) in [4.78, 5) is 24.8. The van der Waals surface area contributed by atoms with Gasteiger partial charge in [-0.2, -0.15) is 10.2 Å². The van der Waals surface area contributed by atoms with Crippen molar-refractivity contribution < 1.29 is 9.18 Å². The van der Waals surface area contributed by atoms with E-state index in [0.29, 0.717) is 18.6 Å². The minimum atomic E-state index is -0.590. The van der Waals surface area contributed by atoms with Crippen LogP contribution in [0.3, 0.4) is 0 Å². The standard InChI is InChI=1S/C17H18FN5O2/c1-10-8-11(2)23(20-10)7-6-19-17(25)15-16(24)13-9-12(18)4-5-14(13)22(3)21-15/h4-5,8-9H,6-7H2,1-3H3,(H,19,25). The molecule has 0 aliphatic heterocycles. The Bertz CT molecular complexity index is 1020. The number of amides is 1. The molecule has 130 valence electrons. The lowest BCUT2D eigenvalue weighted by atomic mass is 10.2. The largest absolute Gasteiger partial charge is 0.349 e. The van der Waals surface area contributed by atoms with Gasteiger partial charge in [-0.3, -0.25) is 19.0 Å². The smallest absolute Gasteiger partial charge is 0.275 e. The highest BCUT2D eigenvalue weighted by Crippen LogP contribution is 2.11. The van der Waals surface area contributed by atoms with Gasteiger partial charge in [0.25, 0.3) is 5.91 Å². The summed E-state index contributed by atoms with van der Waals surface area (Å²) in [7, 11) is 1.60. The van der Waals surface area contributed by atoms with E-state index in [1.165, 1.54) is 16.8 Å². The predicted molar refractivity (Wildman–Crippen MR) is 91.0 cm³/mol. The molecule has 2 aromatic heterocycles. The van der Waals surface area contributed by atoms with E-state index >= 15 is 0 Å². The molecule has 0 radical (unpaired) electrons. The van der Waals surface area contributed by atoms with Crippen LogP contribution in [0.4, 0.5) is 4.39 Å². The summed E-state index contributed by atoms with van der Waals surface area (Å²) < 4.78 is 16.6. The van der Waals surface area contributed by atoms with Crippen LogP contribution in [0.25, 0.3) is 10.9 Å². The molecule has 0 saturated carbocycles. The highest BCUT2D eigenvalue weighted by atomic mass is 19.1. The predicted octanol–water partition coefficient (Wildman–Crippen LogP) is 1.32. The monoisotopic (exact) mass is 343 g/mol. The minimum Gasteiger partial charge on any atom is -0.349 e. The van der Waals surface area contributed by atoms with Gasteiger partial charge in [-0.05, 0) is 38.1 Å². The number of rotatable bonds is 4. The Morgan fingerprint density at radius 2 is 2.00 bits per heavy atom. The van der Waals surface area contributed by atoms with E-state index in [1.54, 1.807) is 11.7 Å². The van der Waals surface area contributed by atoms with Gasteiger partial charge >= 0.3 is 0 Å². The number of fused-ring (bicyclic) bond motifs is 1. The van der Waals surface area contributed by atoms with Gasteiger partial charge in [0.1, 0.15) is 5.82 Å². The van der Waals surface area contributed by atoms with Crippen molar-refractivity contribution in [3.63, 3.8) is 0 Å². The zero-order chi connectivity index (χ0) is 18.1. The SMILES string of the molecule is Cc1cc(C)n(CCNC(=O)c2nn(C)c3ccc(F)cc3c2=O)n1. The fourth-order valence-corrected chi connectivity index (χ4v) is 2.76. The second-order valence-corrected chi connectivity index (χ2v) is 5.87. The lowest BCUT2D eigenvalue weighted by molar-refractivity contribution is 0.0944. The Balaban J connectivity index is 1.81. The Kier molecular flexibility index (Phi) is 4.35. The number of aromatic nitrogens is 4. The van der Waals surface area contributed by atoms with Crippen molar-refractivity contribution in [3.8, 4) is 0 Å². The van der Waals surface area contributed by atoms with Crippen molar-refractivity contribution in [2.45, 2.75) is 20.4 Å². The Hall–Kier alpha value is -3.03. The third-order valence-corrected chi connectivity index (χ3v) is 3.94. The summed E-state index contributed by atoms with van der Waals surface area (Å²) in [6, 6.07) is 5.77. The van der Waals surface area contributed by atoms with Gasteiger partial charge in [0.2, 0.25) is 5.43 Å². The number of benzene rings is 1. The van der Waals surface area contributed by atoms with Gasteiger partial charge in [0.05, 0.1) is 23.1 Å². The normalized spacial score (nSPS) is 11.0. The number of hydrogen-bond acceptors (Lipinski definition) is 4. The van der Waals surface area contributed by atoms with Crippen molar-refractivity contribution in [2.75, 3.05) is 6.54 Å². The first-order valence-corrected chi connectivity index (χ1v) is 7.82. The molecule has 0 aliphatic carbocycles. The summed E-state index contributed by atoms with van der Waals surface area (Å²) >= 11 is 0. The van der Waals surface area contributed by atoms with Gasteiger partial charge in [0.15, 0.2) is 5.69 Å². The van der Waals surface area contributed by atoms with Gasteiger partial charge in [-0.1, -0.05) is 0 Å². The molecule has 7 nitrogen and oxygen atoms in total. The second kappa shape index (κ2) is 6.46. The first kappa shape index (κ1) is 16.8. The highest BCUT2D eigenvalue weighted by molar-refractivity contribution is 5.95. The molecule has 0 aliphatic rings.